The number of rotatable bonds is 4. The summed E-state index contributed by atoms with van der Waals surface area (Å²) in [4.78, 5) is 1.49. The molecule has 1 aromatic carbocycles. The maximum absolute atomic E-state index is 12.1. The molecule has 0 saturated heterocycles. The van der Waals surface area contributed by atoms with Crippen molar-refractivity contribution in [2.75, 3.05) is 18.5 Å². The van der Waals surface area contributed by atoms with Crippen molar-refractivity contribution >= 4 is 17.3 Å². The van der Waals surface area contributed by atoms with Crippen molar-refractivity contribution < 1.29 is 13.2 Å². The van der Waals surface area contributed by atoms with E-state index in [2.05, 4.69) is 0 Å². The lowest BCUT2D eigenvalue weighted by Crippen LogP contribution is -2.24. The minimum Gasteiger partial charge on any atom is -0.373 e. The third-order valence-corrected chi connectivity index (χ3v) is 2.94. The van der Waals surface area contributed by atoms with Crippen LogP contribution in [0.4, 0.5) is 18.9 Å². The monoisotopic (exact) mass is 280 g/mol. The van der Waals surface area contributed by atoms with E-state index in [0.29, 0.717) is 10.7 Å². The van der Waals surface area contributed by atoms with Gasteiger partial charge in [-0.3, -0.25) is 0 Å². The fourth-order valence-corrected chi connectivity index (χ4v) is 1.86. The number of alkyl halides is 3. The topological polar surface area (TPSA) is 29.3 Å². The van der Waals surface area contributed by atoms with E-state index >= 15 is 0 Å². The van der Waals surface area contributed by atoms with E-state index in [1.54, 1.807) is 25.2 Å². The van der Waals surface area contributed by atoms with Gasteiger partial charge in [0.05, 0.1) is 17.1 Å². The zero-order chi connectivity index (χ0) is 13.9. The van der Waals surface area contributed by atoms with Crippen LogP contribution in [0.1, 0.15) is 24.9 Å². The maximum atomic E-state index is 12.1. The molecule has 0 saturated carbocycles. The van der Waals surface area contributed by atoms with Crippen LogP contribution in [0.15, 0.2) is 18.2 Å². The van der Waals surface area contributed by atoms with Gasteiger partial charge in [-0.15, -0.1) is 0 Å². The van der Waals surface area contributed by atoms with Crippen LogP contribution in [0.5, 0.6) is 0 Å². The molecule has 0 aliphatic heterocycles. The lowest BCUT2D eigenvalue weighted by Gasteiger charge is -2.22. The predicted octanol–water partition coefficient (Wildman–Crippen LogP) is 3.75. The van der Waals surface area contributed by atoms with Crippen LogP contribution in [0.3, 0.4) is 0 Å². The Morgan fingerprint density at radius 3 is 2.44 bits per heavy atom. The van der Waals surface area contributed by atoms with Gasteiger partial charge in [0.15, 0.2) is 0 Å². The smallest absolute Gasteiger partial charge is 0.373 e. The largest absolute Gasteiger partial charge is 0.390 e. The number of benzene rings is 1. The van der Waals surface area contributed by atoms with E-state index in [0.717, 1.165) is 5.56 Å². The fourth-order valence-electron chi connectivity index (χ4n) is 1.53. The second-order valence-corrected chi connectivity index (χ2v) is 4.69. The Bertz CT molecular complexity index is 405. The lowest BCUT2D eigenvalue weighted by molar-refractivity contribution is -0.132. The van der Waals surface area contributed by atoms with Gasteiger partial charge in [-0.2, -0.15) is 13.2 Å². The normalized spacial score (nSPS) is 13.5. The molecule has 0 radical (unpaired) electrons. The second-order valence-electron chi connectivity index (χ2n) is 4.29. The van der Waals surface area contributed by atoms with Crippen molar-refractivity contribution in [3.63, 3.8) is 0 Å². The lowest BCUT2D eigenvalue weighted by atomic mass is 10.1. The molecule has 6 heteroatoms. The van der Waals surface area contributed by atoms with Crippen molar-refractivity contribution in [1.29, 1.82) is 0 Å². The van der Waals surface area contributed by atoms with Crippen molar-refractivity contribution in [3.05, 3.63) is 28.8 Å². The van der Waals surface area contributed by atoms with Gasteiger partial charge in [0.2, 0.25) is 0 Å². The van der Waals surface area contributed by atoms with Gasteiger partial charge in [-0.05, 0) is 24.6 Å². The number of nitrogens with two attached hydrogens (primary N) is 1. The highest BCUT2D eigenvalue weighted by Gasteiger charge is 2.27. The molecule has 1 atom stereocenters. The van der Waals surface area contributed by atoms with Crippen LogP contribution in [0.25, 0.3) is 0 Å². The first kappa shape index (κ1) is 15.1. The predicted molar refractivity (Wildman–Crippen MR) is 68.0 cm³/mol. The third kappa shape index (κ3) is 4.38. The van der Waals surface area contributed by atoms with Gasteiger partial charge in [-0.25, -0.2) is 0 Å². The summed E-state index contributed by atoms with van der Waals surface area (Å²) in [5.74, 6) is 0. The van der Waals surface area contributed by atoms with Crippen LogP contribution < -0.4 is 10.6 Å². The van der Waals surface area contributed by atoms with Gasteiger partial charge in [0.25, 0.3) is 0 Å². The molecule has 102 valence electrons. The zero-order valence-corrected chi connectivity index (χ0v) is 11.0. The first-order valence-corrected chi connectivity index (χ1v) is 5.91. The summed E-state index contributed by atoms with van der Waals surface area (Å²) in [6.45, 7) is 1.69. The van der Waals surface area contributed by atoms with E-state index in [1.807, 2.05) is 6.92 Å². The molecular weight excluding hydrogens is 265 g/mol. The summed E-state index contributed by atoms with van der Waals surface area (Å²) in [5, 5.41) is 0.412. The van der Waals surface area contributed by atoms with Gasteiger partial charge in [0, 0.05) is 19.6 Å². The molecule has 1 aromatic rings. The number of hydrogen-bond donors (Lipinski definition) is 1. The van der Waals surface area contributed by atoms with Crippen molar-refractivity contribution in [2.45, 2.75) is 25.6 Å². The number of halogens is 4. The van der Waals surface area contributed by atoms with Crippen LogP contribution in [-0.2, 0) is 0 Å². The van der Waals surface area contributed by atoms with E-state index in [4.69, 9.17) is 17.3 Å². The standard InChI is InChI=1S/C12H16ClF3N2/c1-8(17)9-3-4-11(10(13)7-9)18(2)6-5-12(14,15)16/h3-4,7-8H,5-6,17H2,1-2H3. The Hall–Kier alpha value is -0.940. The highest BCUT2D eigenvalue weighted by atomic mass is 35.5. The van der Waals surface area contributed by atoms with Crippen molar-refractivity contribution in [2.24, 2.45) is 5.73 Å². The molecule has 2 nitrogen and oxygen atoms in total. The molecule has 0 heterocycles. The SMILES string of the molecule is CC(N)c1ccc(N(C)CCC(F)(F)F)c(Cl)c1. The summed E-state index contributed by atoms with van der Waals surface area (Å²) in [6.07, 6.45) is -5.03. The molecule has 1 rings (SSSR count). The molecule has 1 unspecified atom stereocenters. The molecule has 0 amide bonds. The molecule has 18 heavy (non-hydrogen) atoms. The Morgan fingerprint density at radius 1 is 1.39 bits per heavy atom. The van der Waals surface area contributed by atoms with E-state index in [9.17, 15) is 13.2 Å². The molecular formula is C12H16ClF3N2. The summed E-state index contributed by atoms with van der Waals surface area (Å²) >= 11 is 6.04. The molecule has 2 N–H and O–H groups in total. The Labute approximate surface area is 110 Å². The Morgan fingerprint density at radius 2 is 2.00 bits per heavy atom. The Kier molecular flexibility index (Phi) is 4.87. The second kappa shape index (κ2) is 5.80. The van der Waals surface area contributed by atoms with Crippen LogP contribution in [0, 0.1) is 0 Å². The van der Waals surface area contributed by atoms with Crippen molar-refractivity contribution in [1.82, 2.24) is 0 Å². The number of anilines is 1. The molecule has 0 spiro atoms. The van der Waals surface area contributed by atoms with E-state index in [1.165, 1.54) is 4.90 Å². The van der Waals surface area contributed by atoms with Crippen LogP contribution in [-0.4, -0.2) is 19.8 Å². The first-order chi connectivity index (χ1) is 8.20. The van der Waals surface area contributed by atoms with Gasteiger partial charge in [0.1, 0.15) is 0 Å². The molecule has 0 aliphatic carbocycles. The molecule has 0 aromatic heterocycles. The molecule has 0 aliphatic rings. The van der Waals surface area contributed by atoms with E-state index < -0.39 is 12.6 Å². The van der Waals surface area contributed by atoms with Crippen molar-refractivity contribution in [3.8, 4) is 0 Å². The summed E-state index contributed by atoms with van der Waals surface area (Å²) in [7, 11) is 1.58. The van der Waals surface area contributed by atoms with Crippen LogP contribution >= 0.6 is 11.6 Å². The minimum atomic E-state index is -4.16. The first-order valence-electron chi connectivity index (χ1n) is 5.53. The third-order valence-electron chi connectivity index (χ3n) is 2.64. The quantitative estimate of drug-likeness (QED) is 0.910. The van der Waals surface area contributed by atoms with Gasteiger partial charge >= 0.3 is 6.18 Å². The number of nitrogens with zero attached hydrogens (tertiary/aromatic N) is 1. The Balaban J connectivity index is 2.77. The molecule has 0 fully saturated rings. The van der Waals surface area contributed by atoms with Gasteiger partial charge in [-0.1, -0.05) is 17.7 Å². The zero-order valence-electron chi connectivity index (χ0n) is 10.3. The number of hydrogen-bond acceptors (Lipinski definition) is 2. The maximum Gasteiger partial charge on any atom is 0.390 e. The highest BCUT2D eigenvalue weighted by Crippen LogP contribution is 2.29. The average Bonchev–Trinajstić information content (AvgIpc) is 2.24. The molecule has 0 bridgehead atoms. The summed E-state index contributed by atoms with van der Waals surface area (Å²) < 4.78 is 36.4. The van der Waals surface area contributed by atoms with E-state index in [-0.39, 0.29) is 12.6 Å². The summed E-state index contributed by atoms with van der Waals surface area (Å²) in [5.41, 5.74) is 7.13. The minimum absolute atomic E-state index is 0.124. The van der Waals surface area contributed by atoms with Crippen LogP contribution in [0.2, 0.25) is 5.02 Å². The highest BCUT2D eigenvalue weighted by molar-refractivity contribution is 6.33. The summed E-state index contributed by atoms with van der Waals surface area (Å²) in [6, 6.07) is 5.00. The average molecular weight is 281 g/mol. The van der Waals surface area contributed by atoms with Gasteiger partial charge < -0.3 is 10.6 Å². The fraction of sp³-hybridized carbons (Fsp3) is 0.500.